The summed E-state index contributed by atoms with van der Waals surface area (Å²) in [5.41, 5.74) is 10.9. The van der Waals surface area contributed by atoms with Crippen molar-refractivity contribution in [2.24, 2.45) is 16.5 Å². The fourth-order valence-electron chi connectivity index (χ4n) is 4.58. The van der Waals surface area contributed by atoms with E-state index in [0.29, 0.717) is 13.2 Å². The van der Waals surface area contributed by atoms with Crippen LogP contribution in [-0.4, -0.2) is 25.5 Å². The molecule has 0 aromatic carbocycles. The van der Waals surface area contributed by atoms with E-state index in [1.54, 1.807) is 0 Å². The van der Waals surface area contributed by atoms with Crippen molar-refractivity contribution in [1.82, 2.24) is 0 Å². The van der Waals surface area contributed by atoms with Crippen LogP contribution in [0.15, 0.2) is 4.99 Å². The molecule has 0 aromatic heterocycles. The summed E-state index contributed by atoms with van der Waals surface area (Å²) in [4.78, 5) is 3.92. The number of hydrogen-bond acceptors (Lipinski definition) is 4. The van der Waals surface area contributed by atoms with Crippen LogP contribution in [0.1, 0.15) is 168 Å². The lowest BCUT2D eigenvalue weighted by Crippen LogP contribution is -2.23. The Morgan fingerprint density at radius 2 is 0.784 bits per heavy atom. The molecule has 0 aliphatic heterocycles. The normalized spacial score (nSPS) is 11.7. The fraction of sp³-hybridized carbons (Fsp3) is 0.967. The van der Waals surface area contributed by atoms with Crippen LogP contribution in [0.5, 0.6) is 0 Å². The second-order valence-electron chi connectivity index (χ2n) is 10.8. The number of guanidine groups is 1. The van der Waals surface area contributed by atoms with E-state index in [9.17, 15) is 4.57 Å². The Morgan fingerprint density at radius 3 is 1.05 bits per heavy atom. The summed E-state index contributed by atoms with van der Waals surface area (Å²) in [6.45, 7) is 5.41. The molecule has 0 radical (unpaired) electrons. The van der Waals surface area contributed by atoms with Gasteiger partial charge in [-0.1, -0.05) is 155 Å². The molecule has 4 N–H and O–H groups in total. The molecule has 37 heavy (non-hydrogen) atoms. The predicted octanol–water partition coefficient (Wildman–Crippen LogP) is 9.85. The van der Waals surface area contributed by atoms with Gasteiger partial charge in [0.2, 0.25) is 0 Å². The maximum atomic E-state index is 13.1. The van der Waals surface area contributed by atoms with Crippen molar-refractivity contribution in [2.75, 3.05) is 19.5 Å². The SMILES string of the molecule is CCCCCCCCCCCCCCOP(=O)(CN=C(N)N)OCCCCCCCCCCCCCC. The van der Waals surface area contributed by atoms with Crippen molar-refractivity contribution >= 4 is 13.6 Å². The quantitative estimate of drug-likeness (QED) is 0.0405. The van der Waals surface area contributed by atoms with Crippen LogP contribution in [0.25, 0.3) is 0 Å². The number of hydrogen-bond donors (Lipinski definition) is 2. The molecule has 6 nitrogen and oxygen atoms in total. The summed E-state index contributed by atoms with van der Waals surface area (Å²) >= 11 is 0. The Bertz CT molecular complexity index is 508. The molecular weight excluding hydrogens is 481 g/mol. The number of rotatable bonds is 30. The lowest BCUT2D eigenvalue weighted by Gasteiger charge is -2.17. The number of nitrogens with zero attached hydrogens (tertiary/aromatic N) is 1. The zero-order valence-electron chi connectivity index (χ0n) is 24.9. The molecule has 0 rings (SSSR count). The van der Waals surface area contributed by atoms with Gasteiger partial charge in [0.05, 0.1) is 13.2 Å². The summed E-state index contributed by atoms with van der Waals surface area (Å²) in [6, 6.07) is 0. The minimum atomic E-state index is -3.29. The zero-order valence-corrected chi connectivity index (χ0v) is 25.8. The highest BCUT2D eigenvalue weighted by Crippen LogP contribution is 2.48. The van der Waals surface area contributed by atoms with Crippen LogP contribution >= 0.6 is 7.60 Å². The van der Waals surface area contributed by atoms with Gasteiger partial charge in [-0.05, 0) is 12.8 Å². The third-order valence-corrected chi connectivity index (χ3v) is 8.64. The van der Waals surface area contributed by atoms with E-state index in [1.165, 1.54) is 128 Å². The molecule has 0 bridgehead atoms. The molecule has 0 heterocycles. The third-order valence-electron chi connectivity index (χ3n) is 7.00. The summed E-state index contributed by atoms with van der Waals surface area (Å²) in [7, 11) is -3.29. The minimum Gasteiger partial charge on any atom is -0.370 e. The standard InChI is InChI=1S/C30H64N3O3P/c1-3-5-7-9-11-13-15-17-19-21-23-25-27-35-37(34,29-33-30(31)32)36-28-26-24-22-20-18-16-14-12-10-8-6-4-2/h3-29H2,1-2H3,(H4,31,32,33). The first-order valence-corrected chi connectivity index (χ1v) is 17.7. The highest BCUT2D eigenvalue weighted by Gasteiger charge is 2.24. The summed E-state index contributed by atoms with van der Waals surface area (Å²) in [5, 5.41) is 0. The van der Waals surface area contributed by atoms with E-state index in [2.05, 4.69) is 18.8 Å². The van der Waals surface area contributed by atoms with Crippen molar-refractivity contribution in [3.8, 4) is 0 Å². The van der Waals surface area contributed by atoms with Crippen LogP contribution in [0.4, 0.5) is 0 Å². The maximum absolute atomic E-state index is 13.1. The van der Waals surface area contributed by atoms with Crippen LogP contribution < -0.4 is 11.5 Å². The van der Waals surface area contributed by atoms with Gasteiger partial charge in [0.1, 0.15) is 6.29 Å². The Hall–Kier alpha value is -0.580. The van der Waals surface area contributed by atoms with Crippen molar-refractivity contribution < 1.29 is 13.6 Å². The molecule has 0 amide bonds. The van der Waals surface area contributed by atoms with Gasteiger partial charge in [-0.15, -0.1) is 0 Å². The van der Waals surface area contributed by atoms with E-state index in [4.69, 9.17) is 20.5 Å². The lowest BCUT2D eigenvalue weighted by molar-refractivity contribution is 0.198. The van der Waals surface area contributed by atoms with Gasteiger partial charge in [-0.2, -0.15) is 0 Å². The van der Waals surface area contributed by atoms with Crippen molar-refractivity contribution in [1.29, 1.82) is 0 Å². The second-order valence-corrected chi connectivity index (χ2v) is 12.8. The third kappa shape index (κ3) is 28.3. The van der Waals surface area contributed by atoms with E-state index in [1.807, 2.05) is 0 Å². The van der Waals surface area contributed by atoms with Crippen molar-refractivity contribution in [3.63, 3.8) is 0 Å². The van der Waals surface area contributed by atoms with Crippen LogP contribution in [0.3, 0.4) is 0 Å². The zero-order chi connectivity index (χ0) is 27.3. The van der Waals surface area contributed by atoms with Gasteiger partial charge >= 0.3 is 7.60 Å². The van der Waals surface area contributed by atoms with Crippen LogP contribution in [0.2, 0.25) is 0 Å². The van der Waals surface area contributed by atoms with Crippen LogP contribution in [-0.2, 0) is 13.6 Å². The highest BCUT2D eigenvalue weighted by molar-refractivity contribution is 7.53. The molecule has 0 aromatic rings. The summed E-state index contributed by atoms with van der Waals surface area (Å²) < 4.78 is 24.4. The van der Waals surface area contributed by atoms with E-state index in [0.717, 1.165) is 25.7 Å². The molecule has 0 atom stereocenters. The molecule has 0 fully saturated rings. The first-order chi connectivity index (χ1) is 18.0. The molecule has 0 spiro atoms. The average molecular weight is 546 g/mol. The molecule has 0 aliphatic rings. The molecular formula is C30H64N3O3P. The van der Waals surface area contributed by atoms with E-state index in [-0.39, 0.29) is 12.2 Å². The number of nitrogens with two attached hydrogens (primary N) is 2. The molecule has 0 saturated carbocycles. The van der Waals surface area contributed by atoms with Gasteiger partial charge in [0.15, 0.2) is 5.96 Å². The minimum absolute atomic E-state index is 0.0804. The van der Waals surface area contributed by atoms with Gasteiger partial charge in [0, 0.05) is 0 Å². The Balaban J connectivity index is 3.79. The first kappa shape index (κ1) is 36.4. The monoisotopic (exact) mass is 545 g/mol. The maximum Gasteiger partial charge on any atom is 0.352 e. The fourth-order valence-corrected chi connectivity index (χ4v) is 5.97. The van der Waals surface area contributed by atoms with E-state index >= 15 is 0 Å². The molecule has 0 aliphatic carbocycles. The van der Waals surface area contributed by atoms with Crippen molar-refractivity contribution in [2.45, 2.75) is 168 Å². The van der Waals surface area contributed by atoms with Crippen LogP contribution in [0, 0.1) is 0 Å². The topological polar surface area (TPSA) is 99.9 Å². The smallest absolute Gasteiger partial charge is 0.352 e. The lowest BCUT2D eigenvalue weighted by atomic mass is 10.1. The summed E-state index contributed by atoms with van der Waals surface area (Å²) in [6.07, 6.45) is 30.7. The molecule has 222 valence electrons. The molecule has 7 heteroatoms. The molecule has 0 saturated heterocycles. The van der Waals surface area contributed by atoms with Gasteiger partial charge in [-0.3, -0.25) is 4.57 Å². The predicted molar refractivity (Wildman–Crippen MR) is 162 cm³/mol. The van der Waals surface area contributed by atoms with Crippen molar-refractivity contribution in [3.05, 3.63) is 0 Å². The molecule has 0 unspecified atom stereocenters. The number of aliphatic imine (C=N–C) groups is 1. The second kappa shape index (κ2) is 28.4. The van der Waals surface area contributed by atoms with Gasteiger partial charge in [0.25, 0.3) is 0 Å². The van der Waals surface area contributed by atoms with Gasteiger partial charge < -0.3 is 20.5 Å². The summed E-state index contributed by atoms with van der Waals surface area (Å²) in [5.74, 6) is -0.0804. The average Bonchev–Trinajstić information content (AvgIpc) is 2.88. The number of unbranched alkanes of at least 4 members (excludes halogenated alkanes) is 22. The van der Waals surface area contributed by atoms with E-state index < -0.39 is 7.60 Å². The first-order valence-electron chi connectivity index (χ1n) is 16.0. The Kier molecular flexibility index (Phi) is 28.0. The Labute approximate surface area is 231 Å². The highest BCUT2D eigenvalue weighted by atomic mass is 31.2. The van der Waals surface area contributed by atoms with Gasteiger partial charge in [-0.25, -0.2) is 4.99 Å². The Morgan fingerprint density at radius 1 is 0.514 bits per heavy atom. The largest absolute Gasteiger partial charge is 0.370 e.